The highest BCUT2D eigenvalue weighted by molar-refractivity contribution is 6.20. The summed E-state index contributed by atoms with van der Waals surface area (Å²) in [6.45, 7) is 4.79. The fraction of sp³-hybridized carbons (Fsp3) is 0.600. The summed E-state index contributed by atoms with van der Waals surface area (Å²) in [6.07, 6.45) is 3.44. The molecule has 3 heteroatoms. The van der Waals surface area contributed by atoms with Gasteiger partial charge >= 0.3 is 0 Å². The lowest BCUT2D eigenvalue weighted by atomic mass is 9.97. The minimum atomic E-state index is 0.211. The van der Waals surface area contributed by atoms with Crippen LogP contribution in [-0.2, 0) is 11.2 Å². The van der Waals surface area contributed by atoms with Gasteiger partial charge in [0.1, 0.15) is 0 Å². The summed E-state index contributed by atoms with van der Waals surface area (Å²) in [5, 5.41) is 3.74. The van der Waals surface area contributed by atoms with Crippen LogP contribution >= 0.6 is 11.6 Å². The molecule has 100 valence electrons. The van der Waals surface area contributed by atoms with Crippen molar-refractivity contribution in [2.45, 2.75) is 37.7 Å². The average Bonchev–Trinajstić information content (AvgIpc) is 2.38. The zero-order valence-corrected chi connectivity index (χ0v) is 11.7. The van der Waals surface area contributed by atoms with Crippen molar-refractivity contribution in [2.24, 2.45) is 0 Å². The lowest BCUT2D eigenvalue weighted by Crippen LogP contribution is -2.28. The van der Waals surface area contributed by atoms with Gasteiger partial charge in [0, 0.05) is 11.9 Å². The van der Waals surface area contributed by atoms with Gasteiger partial charge in [-0.05, 0) is 43.9 Å². The van der Waals surface area contributed by atoms with E-state index in [1.165, 1.54) is 11.1 Å². The smallest absolute Gasteiger partial charge is 0.0952 e. The molecule has 1 N–H and O–H groups in total. The number of nitrogens with one attached hydrogen (secondary N) is 1. The highest BCUT2D eigenvalue weighted by Crippen LogP contribution is 2.26. The highest BCUT2D eigenvalue weighted by atomic mass is 35.5. The Kier molecular flexibility index (Phi) is 5.48. The molecular weight excluding hydrogens is 246 g/mol. The maximum atomic E-state index is 5.92. The molecule has 0 saturated carbocycles. The predicted octanol–water partition coefficient (Wildman–Crippen LogP) is 3.30. The van der Waals surface area contributed by atoms with Crippen molar-refractivity contribution in [3.05, 3.63) is 35.4 Å². The summed E-state index contributed by atoms with van der Waals surface area (Å²) in [4.78, 5) is 0. The third-order valence-corrected chi connectivity index (χ3v) is 3.60. The van der Waals surface area contributed by atoms with Crippen molar-refractivity contribution in [1.82, 2.24) is 5.32 Å². The van der Waals surface area contributed by atoms with E-state index in [0.29, 0.717) is 0 Å². The van der Waals surface area contributed by atoms with Gasteiger partial charge in [-0.15, -0.1) is 11.6 Å². The Labute approximate surface area is 115 Å². The highest BCUT2D eigenvalue weighted by Gasteiger charge is 2.19. The molecule has 0 radical (unpaired) electrons. The van der Waals surface area contributed by atoms with Crippen LogP contribution in [0.25, 0.3) is 0 Å². The Morgan fingerprint density at radius 3 is 3.11 bits per heavy atom. The molecule has 0 spiro atoms. The second kappa shape index (κ2) is 7.13. The number of benzene rings is 1. The van der Waals surface area contributed by atoms with E-state index in [4.69, 9.17) is 16.3 Å². The van der Waals surface area contributed by atoms with Gasteiger partial charge in [-0.1, -0.05) is 24.3 Å². The van der Waals surface area contributed by atoms with E-state index in [-0.39, 0.29) is 11.5 Å². The molecule has 2 unspecified atom stereocenters. The molecule has 0 fully saturated rings. The van der Waals surface area contributed by atoms with Gasteiger partial charge in [0.2, 0.25) is 0 Å². The van der Waals surface area contributed by atoms with Gasteiger partial charge in [-0.25, -0.2) is 0 Å². The first-order chi connectivity index (χ1) is 8.77. The number of hydrogen-bond donors (Lipinski definition) is 1. The molecule has 2 atom stereocenters. The lowest BCUT2D eigenvalue weighted by molar-refractivity contribution is 0.0426. The molecule has 1 heterocycles. The molecule has 1 aromatic rings. The third-order valence-electron chi connectivity index (χ3n) is 3.38. The zero-order valence-electron chi connectivity index (χ0n) is 11.0. The summed E-state index contributed by atoms with van der Waals surface area (Å²) in [7, 11) is 0. The van der Waals surface area contributed by atoms with E-state index in [1.54, 1.807) is 0 Å². The normalized spacial score (nSPS) is 20.4. The fourth-order valence-electron chi connectivity index (χ4n) is 2.39. The van der Waals surface area contributed by atoms with Gasteiger partial charge in [-0.3, -0.25) is 0 Å². The minimum absolute atomic E-state index is 0.211. The molecule has 1 aliphatic rings. The van der Waals surface area contributed by atoms with Gasteiger partial charge in [0.15, 0.2) is 0 Å². The van der Waals surface area contributed by atoms with E-state index >= 15 is 0 Å². The summed E-state index contributed by atoms with van der Waals surface area (Å²) in [5.41, 5.74) is 2.78. The summed E-state index contributed by atoms with van der Waals surface area (Å²) < 4.78 is 5.84. The van der Waals surface area contributed by atoms with Crippen LogP contribution in [0.1, 0.15) is 37.0 Å². The second-order valence-corrected chi connectivity index (χ2v) is 5.68. The molecule has 0 aliphatic carbocycles. The third kappa shape index (κ3) is 3.98. The van der Waals surface area contributed by atoms with Crippen molar-refractivity contribution in [1.29, 1.82) is 0 Å². The quantitative estimate of drug-likeness (QED) is 0.631. The van der Waals surface area contributed by atoms with Crippen LogP contribution < -0.4 is 5.32 Å². The minimum Gasteiger partial charge on any atom is -0.372 e. The van der Waals surface area contributed by atoms with Gasteiger partial charge < -0.3 is 10.1 Å². The molecular formula is C15H22ClNO. The number of ether oxygens (including phenoxy) is 1. The number of hydrogen-bond acceptors (Lipinski definition) is 2. The van der Waals surface area contributed by atoms with Crippen LogP contribution in [0.3, 0.4) is 0 Å². The standard InChI is InChI=1S/C15H22ClNO/c1-12(16)5-4-9-17-11-15-14-7-3-2-6-13(14)8-10-18-15/h2-3,6-7,12,15,17H,4-5,8-11H2,1H3. The van der Waals surface area contributed by atoms with Gasteiger partial charge in [0.25, 0.3) is 0 Å². The summed E-state index contributed by atoms with van der Waals surface area (Å²) in [6, 6.07) is 8.59. The van der Waals surface area contributed by atoms with Crippen molar-refractivity contribution >= 4 is 11.6 Å². The summed E-state index contributed by atoms with van der Waals surface area (Å²) in [5.74, 6) is 0. The van der Waals surface area contributed by atoms with E-state index in [1.807, 2.05) is 6.92 Å². The maximum Gasteiger partial charge on any atom is 0.0952 e. The number of rotatable bonds is 6. The first-order valence-corrected chi connectivity index (χ1v) is 7.25. The molecule has 0 bridgehead atoms. The van der Waals surface area contributed by atoms with Crippen molar-refractivity contribution in [3.63, 3.8) is 0 Å². The molecule has 2 rings (SSSR count). The zero-order chi connectivity index (χ0) is 12.8. The van der Waals surface area contributed by atoms with Crippen LogP contribution in [0, 0.1) is 0 Å². The van der Waals surface area contributed by atoms with E-state index < -0.39 is 0 Å². The van der Waals surface area contributed by atoms with Crippen molar-refractivity contribution in [3.8, 4) is 0 Å². The Balaban J connectivity index is 1.77. The van der Waals surface area contributed by atoms with Crippen molar-refractivity contribution < 1.29 is 4.74 Å². The first kappa shape index (κ1) is 13.9. The van der Waals surface area contributed by atoms with Crippen LogP contribution in [0.5, 0.6) is 0 Å². The van der Waals surface area contributed by atoms with E-state index in [2.05, 4.69) is 29.6 Å². The Morgan fingerprint density at radius 2 is 2.28 bits per heavy atom. The largest absolute Gasteiger partial charge is 0.372 e. The molecule has 1 aromatic carbocycles. The molecule has 0 aromatic heterocycles. The van der Waals surface area contributed by atoms with Crippen LogP contribution in [0.4, 0.5) is 0 Å². The van der Waals surface area contributed by atoms with Crippen LogP contribution in [0.15, 0.2) is 24.3 Å². The Morgan fingerprint density at radius 1 is 1.44 bits per heavy atom. The first-order valence-electron chi connectivity index (χ1n) is 6.81. The van der Waals surface area contributed by atoms with Crippen LogP contribution in [0.2, 0.25) is 0 Å². The molecule has 1 aliphatic heterocycles. The molecule has 2 nitrogen and oxygen atoms in total. The van der Waals surface area contributed by atoms with Gasteiger partial charge in [0.05, 0.1) is 12.7 Å². The lowest BCUT2D eigenvalue weighted by Gasteiger charge is -2.26. The molecule has 0 saturated heterocycles. The Bertz CT molecular complexity index is 367. The SMILES string of the molecule is CC(Cl)CCCNCC1OCCc2ccccc21. The van der Waals surface area contributed by atoms with Crippen LogP contribution in [-0.4, -0.2) is 25.1 Å². The molecule has 0 amide bonds. The number of alkyl halides is 1. The second-order valence-electron chi connectivity index (χ2n) is 4.94. The Hall–Kier alpha value is -0.570. The topological polar surface area (TPSA) is 21.3 Å². The van der Waals surface area contributed by atoms with E-state index in [9.17, 15) is 0 Å². The monoisotopic (exact) mass is 267 g/mol. The fourth-order valence-corrected chi connectivity index (χ4v) is 2.54. The van der Waals surface area contributed by atoms with Crippen molar-refractivity contribution in [2.75, 3.05) is 19.7 Å². The number of halogens is 1. The predicted molar refractivity (Wildman–Crippen MR) is 76.3 cm³/mol. The number of fused-ring (bicyclic) bond motifs is 1. The maximum absolute atomic E-state index is 5.92. The summed E-state index contributed by atoms with van der Waals surface area (Å²) >= 11 is 5.92. The average molecular weight is 268 g/mol. The van der Waals surface area contributed by atoms with E-state index in [0.717, 1.165) is 39.0 Å². The molecule has 18 heavy (non-hydrogen) atoms. The van der Waals surface area contributed by atoms with Gasteiger partial charge in [-0.2, -0.15) is 0 Å².